The van der Waals surface area contributed by atoms with Crippen molar-refractivity contribution < 1.29 is 13.5 Å². The summed E-state index contributed by atoms with van der Waals surface area (Å²) in [7, 11) is -2.01. The lowest BCUT2D eigenvalue weighted by Crippen LogP contribution is -2.39. The van der Waals surface area contributed by atoms with Crippen LogP contribution in [0.2, 0.25) is 0 Å². The van der Waals surface area contributed by atoms with Crippen LogP contribution in [0.15, 0.2) is 40.9 Å². The molecule has 0 radical (unpaired) electrons. The lowest BCUT2D eigenvalue weighted by molar-refractivity contribution is 0.139. The molecule has 1 N–H and O–H groups in total. The summed E-state index contributed by atoms with van der Waals surface area (Å²) < 4.78 is 26.7. The van der Waals surface area contributed by atoms with Gasteiger partial charge < -0.3 is 5.11 Å². The monoisotopic (exact) mass is 308 g/mol. The van der Waals surface area contributed by atoms with Crippen molar-refractivity contribution in [2.45, 2.75) is 30.4 Å². The Balaban J connectivity index is 1.91. The predicted octanol–water partition coefficient (Wildman–Crippen LogP) is 0.948. The zero-order chi connectivity index (χ0) is 15.2. The maximum Gasteiger partial charge on any atom is 0.263 e. The molecule has 0 spiro atoms. The number of hydrogen-bond acceptors (Lipinski definition) is 4. The van der Waals surface area contributed by atoms with Crippen LogP contribution in [0.5, 0.6) is 0 Å². The average Bonchev–Trinajstić information content (AvgIpc) is 3.02. The summed E-state index contributed by atoms with van der Waals surface area (Å²) in [6, 6.07) is 6.63. The van der Waals surface area contributed by atoms with Crippen LogP contribution in [0.25, 0.3) is 0 Å². The van der Waals surface area contributed by atoms with E-state index >= 15 is 0 Å². The van der Waals surface area contributed by atoms with Crippen LogP contribution in [0, 0.1) is 6.92 Å². The van der Waals surface area contributed by atoms with Crippen LogP contribution in [-0.4, -0.2) is 55.0 Å². The molecule has 0 aromatic heterocycles. The number of rotatable bonds is 3. The average molecular weight is 308 g/mol. The molecule has 21 heavy (non-hydrogen) atoms. The molecule has 2 aliphatic rings. The van der Waals surface area contributed by atoms with Gasteiger partial charge in [-0.2, -0.15) is 0 Å². The molecule has 0 saturated carbocycles. The third kappa shape index (κ3) is 2.37. The van der Waals surface area contributed by atoms with Crippen LogP contribution < -0.4 is 0 Å². The molecule has 5 nitrogen and oxygen atoms in total. The third-order valence-corrected chi connectivity index (χ3v) is 6.15. The number of sulfonamides is 1. The molecular weight excluding hydrogens is 288 g/mol. The van der Waals surface area contributed by atoms with Gasteiger partial charge in [0.05, 0.1) is 17.0 Å². The highest BCUT2D eigenvalue weighted by molar-refractivity contribution is 7.89. The fourth-order valence-corrected chi connectivity index (χ4v) is 4.34. The summed E-state index contributed by atoms with van der Waals surface area (Å²) in [6.45, 7) is 3.43. The van der Waals surface area contributed by atoms with Crippen LogP contribution in [0.1, 0.15) is 12.0 Å². The second-order valence-corrected chi connectivity index (χ2v) is 7.68. The van der Waals surface area contributed by atoms with E-state index in [9.17, 15) is 13.5 Å². The fraction of sp³-hybridized carbons (Fsp3) is 0.467. The van der Waals surface area contributed by atoms with E-state index in [1.54, 1.807) is 31.3 Å². The van der Waals surface area contributed by atoms with E-state index in [2.05, 4.69) is 4.90 Å². The molecule has 114 valence electrons. The van der Waals surface area contributed by atoms with Gasteiger partial charge in [-0.15, -0.1) is 0 Å². The first-order valence-electron chi connectivity index (χ1n) is 7.09. The molecule has 0 aliphatic carbocycles. The van der Waals surface area contributed by atoms with Gasteiger partial charge in [-0.25, -0.2) is 8.42 Å². The molecule has 1 fully saturated rings. The maximum atomic E-state index is 12.7. The second-order valence-electron chi connectivity index (χ2n) is 5.71. The summed E-state index contributed by atoms with van der Waals surface area (Å²) in [6.07, 6.45) is 2.11. The van der Waals surface area contributed by atoms with E-state index in [0.717, 1.165) is 12.1 Å². The topological polar surface area (TPSA) is 60.9 Å². The smallest absolute Gasteiger partial charge is 0.263 e. The van der Waals surface area contributed by atoms with E-state index in [-0.39, 0.29) is 10.9 Å². The Bertz CT molecular complexity index is 667. The van der Waals surface area contributed by atoms with Crippen molar-refractivity contribution in [1.29, 1.82) is 0 Å². The van der Waals surface area contributed by atoms with Gasteiger partial charge in [0.1, 0.15) is 0 Å². The minimum atomic E-state index is -3.57. The van der Waals surface area contributed by atoms with Crippen molar-refractivity contribution in [2.24, 2.45) is 0 Å². The van der Waals surface area contributed by atoms with Crippen molar-refractivity contribution in [1.82, 2.24) is 9.21 Å². The second kappa shape index (κ2) is 5.12. The molecule has 1 saturated heterocycles. The summed E-state index contributed by atoms with van der Waals surface area (Å²) >= 11 is 0. The largest absolute Gasteiger partial charge is 0.391 e. The van der Waals surface area contributed by atoms with Gasteiger partial charge in [0.15, 0.2) is 0 Å². The first-order chi connectivity index (χ1) is 9.91. The van der Waals surface area contributed by atoms with E-state index in [0.29, 0.717) is 18.7 Å². The highest BCUT2D eigenvalue weighted by atomic mass is 32.2. The van der Waals surface area contributed by atoms with Crippen molar-refractivity contribution in [2.75, 3.05) is 20.1 Å². The summed E-state index contributed by atoms with van der Waals surface area (Å²) in [5.74, 6) is 0. The molecule has 1 aromatic carbocycles. The Labute approximate surface area is 125 Å². The zero-order valence-electron chi connectivity index (χ0n) is 12.2. The van der Waals surface area contributed by atoms with E-state index in [1.807, 2.05) is 13.0 Å². The highest BCUT2D eigenvalue weighted by Crippen LogP contribution is 2.33. The van der Waals surface area contributed by atoms with E-state index in [4.69, 9.17) is 0 Å². The molecule has 6 heteroatoms. The number of aliphatic hydroxyl groups excluding tert-OH is 1. The molecule has 1 aromatic rings. The summed E-state index contributed by atoms with van der Waals surface area (Å²) in [5.41, 5.74) is 1.70. The van der Waals surface area contributed by atoms with Gasteiger partial charge >= 0.3 is 0 Å². The number of aliphatic hydroxyl groups is 1. The van der Waals surface area contributed by atoms with Crippen molar-refractivity contribution in [3.8, 4) is 0 Å². The first-order valence-corrected chi connectivity index (χ1v) is 8.53. The molecule has 3 rings (SSSR count). The van der Waals surface area contributed by atoms with Crippen LogP contribution >= 0.6 is 0 Å². The Morgan fingerprint density at radius 1 is 1.29 bits per heavy atom. The quantitative estimate of drug-likeness (QED) is 0.903. The zero-order valence-corrected chi connectivity index (χ0v) is 13.0. The predicted molar refractivity (Wildman–Crippen MR) is 80.2 cm³/mol. The molecule has 0 amide bonds. The fourth-order valence-electron chi connectivity index (χ4n) is 3.08. The number of aryl methyl sites for hydroxylation is 1. The Hall–Kier alpha value is -1.37. The number of fused-ring (bicyclic) bond motifs is 1. The normalized spacial score (nSPS) is 25.8. The van der Waals surface area contributed by atoms with Gasteiger partial charge in [-0.05, 0) is 31.6 Å². The Kier molecular flexibility index (Phi) is 3.55. The summed E-state index contributed by atoms with van der Waals surface area (Å²) in [4.78, 5) is 2.39. The van der Waals surface area contributed by atoms with E-state index in [1.165, 1.54) is 4.31 Å². The first kappa shape index (κ1) is 14.6. The molecule has 0 unspecified atom stereocenters. The molecule has 2 atom stereocenters. The molecule has 2 heterocycles. The SMILES string of the molecule is Cc1ccc(S(=O)(=O)N(C)C2=CCN3CC[C@H](O)[C@H]23)cc1. The van der Waals surface area contributed by atoms with Crippen molar-refractivity contribution in [3.05, 3.63) is 41.6 Å². The summed E-state index contributed by atoms with van der Waals surface area (Å²) in [5, 5.41) is 10.1. The van der Waals surface area contributed by atoms with Crippen LogP contribution in [0.4, 0.5) is 0 Å². The van der Waals surface area contributed by atoms with Crippen molar-refractivity contribution in [3.63, 3.8) is 0 Å². The standard InChI is InChI=1S/C15H20N2O3S/c1-11-3-5-12(6-4-11)21(19,20)16(2)13-7-9-17-10-8-14(18)15(13)17/h3-7,14-15,18H,8-10H2,1-2H3/t14-,15-/m0/s1. The van der Waals surface area contributed by atoms with Gasteiger partial charge in [0.2, 0.25) is 0 Å². The minimum absolute atomic E-state index is 0.199. The maximum absolute atomic E-state index is 12.7. The molecular formula is C15H20N2O3S. The molecule has 2 aliphatic heterocycles. The van der Waals surface area contributed by atoms with E-state index < -0.39 is 16.1 Å². The molecule has 0 bridgehead atoms. The Morgan fingerprint density at radius 3 is 2.62 bits per heavy atom. The number of likely N-dealkylation sites (N-methyl/N-ethyl adjacent to an activating group) is 1. The highest BCUT2D eigenvalue weighted by Gasteiger charge is 2.42. The van der Waals surface area contributed by atoms with Gasteiger partial charge in [-0.1, -0.05) is 17.7 Å². The van der Waals surface area contributed by atoms with Crippen LogP contribution in [-0.2, 0) is 10.0 Å². The lowest BCUT2D eigenvalue weighted by atomic mass is 10.1. The Morgan fingerprint density at radius 2 is 1.95 bits per heavy atom. The minimum Gasteiger partial charge on any atom is -0.391 e. The van der Waals surface area contributed by atoms with Crippen molar-refractivity contribution >= 4 is 10.0 Å². The van der Waals surface area contributed by atoms with Gasteiger partial charge in [-0.3, -0.25) is 9.21 Å². The number of nitrogens with zero attached hydrogens (tertiary/aromatic N) is 2. The van der Waals surface area contributed by atoms with Gasteiger partial charge in [0, 0.05) is 25.8 Å². The van der Waals surface area contributed by atoms with Gasteiger partial charge in [0.25, 0.3) is 10.0 Å². The number of benzene rings is 1. The lowest BCUT2D eigenvalue weighted by Gasteiger charge is -2.28. The third-order valence-electron chi connectivity index (χ3n) is 4.35. The number of hydrogen-bond donors (Lipinski definition) is 1. The van der Waals surface area contributed by atoms with Crippen LogP contribution in [0.3, 0.4) is 0 Å².